The Balaban J connectivity index is 2.23. The lowest BCUT2D eigenvalue weighted by atomic mass is 10.2. The van der Waals surface area contributed by atoms with Crippen LogP contribution in [0.1, 0.15) is 20.8 Å². The van der Waals surface area contributed by atoms with Crippen LogP contribution in [0.3, 0.4) is 0 Å². The highest BCUT2D eigenvalue weighted by atomic mass is 79.9. The molecule has 6 heteroatoms. The lowest BCUT2D eigenvalue weighted by Crippen LogP contribution is -2.27. The molecule has 0 fully saturated rings. The van der Waals surface area contributed by atoms with Crippen LogP contribution < -0.4 is 5.32 Å². The van der Waals surface area contributed by atoms with Crippen LogP contribution in [0.5, 0.6) is 0 Å². The molecule has 2 aromatic heterocycles. The summed E-state index contributed by atoms with van der Waals surface area (Å²) in [4.78, 5) is 16.0. The van der Waals surface area contributed by atoms with E-state index >= 15 is 0 Å². The van der Waals surface area contributed by atoms with Crippen LogP contribution in [0.25, 0.3) is 11.3 Å². The van der Waals surface area contributed by atoms with Crippen LogP contribution in [0, 0.1) is 0 Å². The van der Waals surface area contributed by atoms with Crippen LogP contribution in [0.4, 0.5) is 10.6 Å². The number of rotatable bonds is 2. The number of carbonyl (C=O) groups excluding carboxylic acids is 1. The molecule has 2 rings (SSSR count). The van der Waals surface area contributed by atoms with E-state index in [-0.39, 0.29) is 0 Å². The largest absolute Gasteiger partial charge is 0.449 e. The summed E-state index contributed by atoms with van der Waals surface area (Å²) in [5.74, 6) is 1.000. The molecule has 1 N–H and O–H groups in total. The first-order valence-electron chi connectivity index (χ1n) is 6.06. The maximum absolute atomic E-state index is 11.8. The van der Waals surface area contributed by atoms with Gasteiger partial charge in [-0.05, 0) is 61.0 Å². The highest BCUT2D eigenvalue weighted by molar-refractivity contribution is 9.10. The van der Waals surface area contributed by atoms with Gasteiger partial charge in [-0.15, -0.1) is 0 Å². The number of amides is 1. The van der Waals surface area contributed by atoms with Gasteiger partial charge < -0.3 is 9.15 Å². The second-order valence-corrected chi connectivity index (χ2v) is 5.91. The van der Waals surface area contributed by atoms with E-state index in [0.717, 1.165) is 0 Å². The zero-order valence-electron chi connectivity index (χ0n) is 11.4. The zero-order valence-corrected chi connectivity index (χ0v) is 13.0. The number of ether oxygens (including phenoxy) is 1. The molecule has 0 saturated heterocycles. The predicted octanol–water partition coefficient (Wildman–Crippen LogP) is 4.45. The van der Waals surface area contributed by atoms with Crippen molar-refractivity contribution in [1.29, 1.82) is 0 Å². The van der Waals surface area contributed by atoms with Gasteiger partial charge in [-0.2, -0.15) is 0 Å². The van der Waals surface area contributed by atoms with E-state index < -0.39 is 11.7 Å². The van der Waals surface area contributed by atoms with E-state index in [1.807, 2.05) is 6.07 Å². The molecule has 0 bridgehead atoms. The first-order valence-corrected chi connectivity index (χ1v) is 6.85. The summed E-state index contributed by atoms with van der Waals surface area (Å²) in [6.45, 7) is 5.40. The summed E-state index contributed by atoms with van der Waals surface area (Å²) >= 11 is 3.25. The molecule has 0 aliphatic rings. The standard InChI is InChI=1S/C14H15BrN2O3/c1-14(2,3)20-13(18)17-12-9(5-4-8-16-12)10-6-7-11(15)19-10/h4-8H,1-3H3,(H,16,17,18). The third-order valence-electron chi connectivity index (χ3n) is 2.27. The van der Waals surface area contributed by atoms with Crippen molar-refractivity contribution in [2.24, 2.45) is 0 Å². The molecule has 1 amide bonds. The summed E-state index contributed by atoms with van der Waals surface area (Å²) in [6, 6.07) is 7.15. The number of hydrogen-bond donors (Lipinski definition) is 1. The molecule has 0 radical (unpaired) electrons. The summed E-state index contributed by atoms with van der Waals surface area (Å²) in [5.41, 5.74) is 0.122. The van der Waals surface area contributed by atoms with Crippen LogP contribution in [0.15, 0.2) is 39.5 Å². The smallest absolute Gasteiger partial charge is 0.413 e. The van der Waals surface area contributed by atoms with Crippen LogP contribution in [-0.2, 0) is 4.74 Å². The average molecular weight is 339 g/mol. The SMILES string of the molecule is CC(C)(C)OC(=O)Nc1ncccc1-c1ccc(Br)o1. The molecular weight excluding hydrogens is 324 g/mol. The summed E-state index contributed by atoms with van der Waals surface area (Å²) in [5, 5.41) is 2.63. The number of halogens is 1. The van der Waals surface area contributed by atoms with Gasteiger partial charge in [-0.3, -0.25) is 5.32 Å². The number of pyridine rings is 1. The quantitative estimate of drug-likeness (QED) is 0.878. The molecule has 20 heavy (non-hydrogen) atoms. The van der Waals surface area contributed by atoms with Gasteiger partial charge in [0.2, 0.25) is 0 Å². The lowest BCUT2D eigenvalue weighted by molar-refractivity contribution is 0.0635. The van der Waals surface area contributed by atoms with E-state index in [9.17, 15) is 4.79 Å². The monoisotopic (exact) mass is 338 g/mol. The topological polar surface area (TPSA) is 64.4 Å². The molecule has 5 nitrogen and oxygen atoms in total. The van der Waals surface area contributed by atoms with Crippen molar-refractivity contribution >= 4 is 27.8 Å². The number of nitrogens with one attached hydrogen (secondary N) is 1. The Kier molecular flexibility index (Phi) is 4.13. The fourth-order valence-electron chi connectivity index (χ4n) is 1.56. The van der Waals surface area contributed by atoms with Crippen LogP contribution in [-0.4, -0.2) is 16.7 Å². The Morgan fingerprint density at radius 3 is 2.70 bits per heavy atom. The number of aromatic nitrogens is 1. The second kappa shape index (κ2) is 5.66. The fourth-order valence-corrected chi connectivity index (χ4v) is 1.87. The second-order valence-electron chi connectivity index (χ2n) is 5.13. The number of anilines is 1. The van der Waals surface area contributed by atoms with Gasteiger partial charge in [0.15, 0.2) is 4.67 Å². The maximum Gasteiger partial charge on any atom is 0.413 e. The summed E-state index contributed by atoms with van der Waals surface area (Å²) in [6.07, 6.45) is 1.04. The summed E-state index contributed by atoms with van der Waals surface area (Å²) < 4.78 is 11.3. The van der Waals surface area contributed by atoms with Crippen molar-refractivity contribution in [2.45, 2.75) is 26.4 Å². The molecule has 106 valence electrons. The molecular formula is C14H15BrN2O3. The van der Waals surface area contributed by atoms with Gasteiger partial charge >= 0.3 is 6.09 Å². The van der Waals surface area contributed by atoms with Crippen molar-refractivity contribution in [3.05, 3.63) is 35.1 Å². The number of nitrogens with zero attached hydrogens (tertiary/aromatic N) is 1. The van der Waals surface area contributed by atoms with Gasteiger partial charge in [0.05, 0.1) is 5.56 Å². The third-order valence-corrected chi connectivity index (χ3v) is 2.69. The van der Waals surface area contributed by atoms with Crippen molar-refractivity contribution < 1.29 is 13.9 Å². The molecule has 0 spiro atoms. The van der Waals surface area contributed by atoms with Gasteiger partial charge in [0.1, 0.15) is 17.2 Å². The Hall–Kier alpha value is -1.82. The molecule has 0 atom stereocenters. The number of furan rings is 1. The Labute approximate surface area is 125 Å². The van der Waals surface area contributed by atoms with Crippen molar-refractivity contribution in [2.75, 3.05) is 5.32 Å². The summed E-state index contributed by atoms with van der Waals surface area (Å²) in [7, 11) is 0. The van der Waals surface area contributed by atoms with Crippen molar-refractivity contribution in [1.82, 2.24) is 4.98 Å². The van der Waals surface area contributed by atoms with E-state index in [1.54, 1.807) is 45.2 Å². The highest BCUT2D eigenvalue weighted by Crippen LogP contribution is 2.29. The highest BCUT2D eigenvalue weighted by Gasteiger charge is 2.18. The number of hydrogen-bond acceptors (Lipinski definition) is 4. The minimum absolute atomic E-state index is 0.392. The van der Waals surface area contributed by atoms with Crippen molar-refractivity contribution in [3.8, 4) is 11.3 Å². The Morgan fingerprint density at radius 2 is 2.10 bits per heavy atom. The Morgan fingerprint density at radius 1 is 1.35 bits per heavy atom. The fraction of sp³-hybridized carbons (Fsp3) is 0.286. The van der Waals surface area contributed by atoms with Gasteiger partial charge in [-0.1, -0.05) is 0 Å². The molecule has 2 aromatic rings. The molecule has 0 aliphatic carbocycles. The molecule has 0 unspecified atom stereocenters. The van der Waals surface area contributed by atoms with E-state index in [1.165, 1.54) is 0 Å². The van der Waals surface area contributed by atoms with E-state index in [0.29, 0.717) is 21.8 Å². The predicted molar refractivity (Wildman–Crippen MR) is 79.5 cm³/mol. The maximum atomic E-state index is 11.8. The minimum Gasteiger partial charge on any atom is -0.449 e. The lowest BCUT2D eigenvalue weighted by Gasteiger charge is -2.19. The molecule has 0 saturated carbocycles. The van der Waals surface area contributed by atoms with E-state index in [2.05, 4.69) is 26.2 Å². The zero-order chi connectivity index (χ0) is 14.8. The van der Waals surface area contributed by atoms with Crippen LogP contribution in [0.2, 0.25) is 0 Å². The molecule has 0 aliphatic heterocycles. The molecule has 0 aromatic carbocycles. The molecule has 2 heterocycles. The minimum atomic E-state index is -0.563. The number of carbonyl (C=O) groups is 1. The first kappa shape index (κ1) is 14.6. The third kappa shape index (κ3) is 3.84. The first-order chi connectivity index (χ1) is 9.35. The average Bonchev–Trinajstić information content (AvgIpc) is 2.74. The van der Waals surface area contributed by atoms with Gasteiger partial charge in [0.25, 0.3) is 0 Å². The van der Waals surface area contributed by atoms with E-state index in [4.69, 9.17) is 9.15 Å². The van der Waals surface area contributed by atoms with Crippen LogP contribution >= 0.6 is 15.9 Å². The van der Waals surface area contributed by atoms with Gasteiger partial charge in [0, 0.05) is 6.20 Å². The Bertz CT molecular complexity index is 617. The van der Waals surface area contributed by atoms with Crippen molar-refractivity contribution in [3.63, 3.8) is 0 Å². The normalized spacial score (nSPS) is 11.2. The van der Waals surface area contributed by atoms with Gasteiger partial charge in [-0.25, -0.2) is 9.78 Å².